The number of esters is 1. The number of pyridine rings is 1. The fraction of sp³-hybridized carbons (Fsp3) is 0.294. The maximum atomic E-state index is 11.9. The van der Waals surface area contributed by atoms with Crippen molar-refractivity contribution in [1.29, 1.82) is 0 Å². The number of H-pyrrole nitrogens is 1. The Bertz CT molecular complexity index is 1010. The Hall–Kier alpha value is -2.94. The lowest BCUT2D eigenvalue weighted by molar-refractivity contribution is 0.0587. The number of nitrogens with one attached hydrogen (secondary N) is 1. The molecule has 0 spiro atoms. The number of carbonyl (C=O) groups is 1. The van der Waals surface area contributed by atoms with Gasteiger partial charge >= 0.3 is 5.97 Å². The number of fused-ring (bicyclic) bond motifs is 1. The lowest BCUT2D eigenvalue weighted by Gasteiger charge is -2.36. The molecule has 0 aromatic carbocycles. The topological polar surface area (TPSA) is 91.4 Å². The van der Waals surface area contributed by atoms with Crippen molar-refractivity contribution < 1.29 is 9.53 Å². The van der Waals surface area contributed by atoms with Gasteiger partial charge in [0.05, 0.1) is 17.3 Å². The molecule has 1 aliphatic heterocycles. The third-order valence-corrected chi connectivity index (χ3v) is 5.23. The number of thiophene rings is 1. The zero-order valence-electron chi connectivity index (χ0n) is 14.1. The van der Waals surface area contributed by atoms with Crippen LogP contribution in [0.1, 0.15) is 10.6 Å². The van der Waals surface area contributed by atoms with Gasteiger partial charge in [0.1, 0.15) is 5.82 Å². The number of hydrogen-bond acceptors (Lipinski definition) is 8. The minimum Gasteiger partial charge on any atom is -0.463 e. The van der Waals surface area contributed by atoms with Gasteiger partial charge in [-0.2, -0.15) is 0 Å². The summed E-state index contributed by atoms with van der Waals surface area (Å²) in [6, 6.07) is 7.03. The van der Waals surface area contributed by atoms with Gasteiger partial charge in [0.15, 0.2) is 5.82 Å². The zero-order chi connectivity index (χ0) is 18.1. The molecule has 26 heavy (non-hydrogen) atoms. The first-order chi connectivity index (χ1) is 12.7. The number of ether oxygens (including phenoxy) is 1. The van der Waals surface area contributed by atoms with Crippen LogP contribution in [-0.4, -0.2) is 54.2 Å². The number of hydrogen-bond donors (Lipinski definition) is 1. The number of aromatic nitrogens is 3. The van der Waals surface area contributed by atoms with Crippen molar-refractivity contribution in [3.05, 3.63) is 45.8 Å². The molecule has 0 atom stereocenters. The Labute approximate surface area is 153 Å². The number of methoxy groups -OCH3 is 1. The van der Waals surface area contributed by atoms with Gasteiger partial charge in [-0.1, -0.05) is 6.07 Å². The van der Waals surface area contributed by atoms with Crippen molar-refractivity contribution in [2.24, 2.45) is 0 Å². The van der Waals surface area contributed by atoms with Crippen LogP contribution in [0.3, 0.4) is 0 Å². The van der Waals surface area contributed by atoms with Gasteiger partial charge in [-0.15, -0.1) is 11.3 Å². The smallest absolute Gasteiger partial charge is 0.376 e. The van der Waals surface area contributed by atoms with Crippen LogP contribution < -0.4 is 15.4 Å². The van der Waals surface area contributed by atoms with E-state index < -0.39 is 5.97 Å². The van der Waals surface area contributed by atoms with Crippen LogP contribution in [0.5, 0.6) is 0 Å². The fourth-order valence-corrected chi connectivity index (χ4v) is 3.87. The molecule has 1 fully saturated rings. The maximum Gasteiger partial charge on any atom is 0.376 e. The molecule has 3 aromatic rings. The second-order valence-corrected chi connectivity index (χ2v) is 6.79. The number of nitrogens with zero attached hydrogens (tertiary/aromatic N) is 4. The molecule has 4 heterocycles. The maximum absolute atomic E-state index is 11.9. The van der Waals surface area contributed by atoms with Gasteiger partial charge in [-0.25, -0.2) is 14.8 Å². The Morgan fingerprint density at radius 3 is 2.65 bits per heavy atom. The summed E-state index contributed by atoms with van der Waals surface area (Å²) in [7, 11) is 1.32. The number of anilines is 2. The number of piperazine rings is 1. The second kappa shape index (κ2) is 6.75. The summed E-state index contributed by atoms with van der Waals surface area (Å²) >= 11 is 1.55. The summed E-state index contributed by atoms with van der Waals surface area (Å²) in [5.74, 6) is 1.10. The summed E-state index contributed by atoms with van der Waals surface area (Å²) in [6.45, 7) is 2.93. The summed E-state index contributed by atoms with van der Waals surface area (Å²) in [5, 5.41) is 1.94. The molecule has 4 rings (SSSR count). The van der Waals surface area contributed by atoms with Gasteiger partial charge < -0.3 is 19.5 Å². The number of rotatable bonds is 3. The largest absolute Gasteiger partial charge is 0.463 e. The van der Waals surface area contributed by atoms with E-state index in [0.717, 1.165) is 48.0 Å². The highest BCUT2D eigenvalue weighted by Crippen LogP contribution is 2.30. The van der Waals surface area contributed by atoms with Crippen LogP contribution in [0.2, 0.25) is 0 Å². The Morgan fingerprint density at radius 1 is 1.15 bits per heavy atom. The third-order valence-electron chi connectivity index (χ3n) is 4.33. The third kappa shape index (κ3) is 3.01. The zero-order valence-corrected chi connectivity index (χ0v) is 15.0. The molecular formula is C17H17N5O3S. The van der Waals surface area contributed by atoms with Gasteiger partial charge in [-0.3, -0.25) is 4.79 Å². The van der Waals surface area contributed by atoms with Crippen LogP contribution in [0.25, 0.3) is 10.2 Å². The number of aromatic amines is 1. The van der Waals surface area contributed by atoms with Gasteiger partial charge in [-0.05, 0) is 17.5 Å². The van der Waals surface area contributed by atoms with E-state index in [1.807, 2.05) is 17.5 Å². The summed E-state index contributed by atoms with van der Waals surface area (Å²) < 4.78 is 5.73. The normalized spacial score (nSPS) is 14.7. The first kappa shape index (κ1) is 16.5. The standard InChI is InChI=1S/C17H17N5O3S/c1-25-17(24)15-18-11-5-10-26-14(11)16(20-15)22-8-6-21(7-9-22)12-3-2-4-13(23)19-12/h2-5,10H,6-9H2,1H3,(H,19,23). The first-order valence-electron chi connectivity index (χ1n) is 8.18. The van der Waals surface area contributed by atoms with Crippen LogP contribution >= 0.6 is 11.3 Å². The van der Waals surface area contributed by atoms with Crippen LogP contribution in [0.4, 0.5) is 11.6 Å². The summed E-state index contributed by atoms with van der Waals surface area (Å²) in [6.07, 6.45) is 0. The molecule has 134 valence electrons. The van der Waals surface area contributed by atoms with E-state index in [1.54, 1.807) is 17.4 Å². The van der Waals surface area contributed by atoms with Crippen molar-refractivity contribution in [2.75, 3.05) is 43.1 Å². The highest BCUT2D eigenvalue weighted by Gasteiger charge is 2.23. The molecule has 0 radical (unpaired) electrons. The fourth-order valence-electron chi connectivity index (χ4n) is 3.02. The van der Waals surface area contributed by atoms with Crippen molar-refractivity contribution in [3.63, 3.8) is 0 Å². The van der Waals surface area contributed by atoms with E-state index in [1.165, 1.54) is 13.2 Å². The first-order valence-corrected chi connectivity index (χ1v) is 9.06. The highest BCUT2D eigenvalue weighted by molar-refractivity contribution is 7.17. The Balaban J connectivity index is 1.60. The predicted octanol–water partition coefficient (Wildman–Crippen LogP) is 1.49. The van der Waals surface area contributed by atoms with Gasteiger partial charge in [0.2, 0.25) is 11.4 Å². The summed E-state index contributed by atoms with van der Waals surface area (Å²) in [5.41, 5.74) is 0.638. The molecular weight excluding hydrogens is 354 g/mol. The molecule has 0 amide bonds. The molecule has 1 aliphatic rings. The molecule has 1 saturated heterocycles. The van der Waals surface area contributed by atoms with Gasteiger partial charge in [0.25, 0.3) is 0 Å². The van der Waals surface area contributed by atoms with E-state index in [0.29, 0.717) is 0 Å². The Kier molecular flexibility index (Phi) is 4.29. The van der Waals surface area contributed by atoms with E-state index >= 15 is 0 Å². The van der Waals surface area contributed by atoms with E-state index in [-0.39, 0.29) is 11.4 Å². The van der Waals surface area contributed by atoms with E-state index in [4.69, 9.17) is 4.74 Å². The summed E-state index contributed by atoms with van der Waals surface area (Å²) in [4.78, 5) is 39.3. The molecule has 9 heteroatoms. The molecule has 0 saturated carbocycles. The van der Waals surface area contributed by atoms with Gasteiger partial charge in [0, 0.05) is 32.2 Å². The highest BCUT2D eigenvalue weighted by atomic mass is 32.1. The molecule has 1 N–H and O–H groups in total. The van der Waals surface area contributed by atoms with Crippen LogP contribution in [0, 0.1) is 0 Å². The van der Waals surface area contributed by atoms with Crippen molar-refractivity contribution in [2.45, 2.75) is 0 Å². The molecule has 0 bridgehead atoms. The van der Waals surface area contributed by atoms with Crippen molar-refractivity contribution >= 4 is 39.2 Å². The lowest BCUT2D eigenvalue weighted by Crippen LogP contribution is -2.47. The lowest BCUT2D eigenvalue weighted by atomic mass is 10.3. The van der Waals surface area contributed by atoms with Crippen molar-refractivity contribution in [1.82, 2.24) is 15.0 Å². The van der Waals surface area contributed by atoms with E-state index in [2.05, 4.69) is 24.8 Å². The average molecular weight is 371 g/mol. The molecule has 3 aromatic heterocycles. The SMILES string of the molecule is COC(=O)c1nc(N2CCN(c3cccc(=O)[nH]3)CC2)c2sccc2n1. The van der Waals surface area contributed by atoms with Crippen LogP contribution in [0.15, 0.2) is 34.4 Å². The molecule has 0 unspecified atom stereocenters. The molecule has 8 nitrogen and oxygen atoms in total. The van der Waals surface area contributed by atoms with Crippen molar-refractivity contribution in [3.8, 4) is 0 Å². The van der Waals surface area contributed by atoms with E-state index in [9.17, 15) is 9.59 Å². The number of carbonyl (C=O) groups excluding carboxylic acids is 1. The minimum atomic E-state index is -0.542. The average Bonchev–Trinajstić information content (AvgIpc) is 3.15. The Morgan fingerprint density at radius 2 is 1.92 bits per heavy atom. The quantitative estimate of drug-likeness (QED) is 0.698. The predicted molar refractivity (Wildman–Crippen MR) is 100 cm³/mol. The second-order valence-electron chi connectivity index (χ2n) is 5.87. The monoisotopic (exact) mass is 371 g/mol. The van der Waals surface area contributed by atoms with Crippen LogP contribution in [-0.2, 0) is 4.74 Å². The molecule has 0 aliphatic carbocycles. The minimum absolute atomic E-state index is 0.0724.